The maximum absolute atomic E-state index is 14.3. The third-order valence-corrected chi connectivity index (χ3v) is 6.44. The molecular weight excluding hydrogens is 433 g/mol. The van der Waals surface area contributed by atoms with Gasteiger partial charge in [0.15, 0.2) is 0 Å². The van der Waals surface area contributed by atoms with Crippen molar-refractivity contribution in [2.45, 2.75) is 25.8 Å². The van der Waals surface area contributed by atoms with Crippen molar-refractivity contribution in [3.63, 3.8) is 0 Å². The van der Waals surface area contributed by atoms with Crippen LogP contribution in [0.15, 0.2) is 60.0 Å². The van der Waals surface area contributed by atoms with Crippen molar-refractivity contribution in [3.8, 4) is 0 Å². The van der Waals surface area contributed by atoms with E-state index in [9.17, 15) is 24.1 Å². The van der Waals surface area contributed by atoms with Crippen LogP contribution >= 0.6 is 11.3 Å². The van der Waals surface area contributed by atoms with Gasteiger partial charge in [0.05, 0.1) is 22.6 Å². The molecule has 1 aliphatic rings. The average Bonchev–Trinajstić information content (AvgIpc) is 3.30. The fourth-order valence-corrected chi connectivity index (χ4v) is 4.79. The number of non-ortho nitro benzene ring substituents is 1. The number of anilines is 2. The van der Waals surface area contributed by atoms with Gasteiger partial charge in [-0.1, -0.05) is 23.8 Å². The van der Waals surface area contributed by atoms with E-state index in [1.807, 2.05) is 48.7 Å². The molecule has 0 saturated carbocycles. The first-order valence-corrected chi connectivity index (χ1v) is 10.9. The van der Waals surface area contributed by atoms with Gasteiger partial charge in [-0.05, 0) is 43.0 Å². The van der Waals surface area contributed by atoms with E-state index in [0.717, 1.165) is 28.6 Å². The van der Waals surface area contributed by atoms with Gasteiger partial charge in [0.25, 0.3) is 5.69 Å². The van der Waals surface area contributed by atoms with Gasteiger partial charge in [0.2, 0.25) is 11.8 Å². The molecule has 0 aliphatic carbocycles. The number of amides is 2. The maximum atomic E-state index is 14.3. The number of carbonyl (C=O) groups excluding carboxylic acids is 2. The largest absolute Gasteiger partial charge is 0.323 e. The molecule has 0 spiro atoms. The van der Waals surface area contributed by atoms with Crippen LogP contribution in [0.3, 0.4) is 0 Å². The van der Waals surface area contributed by atoms with Crippen LogP contribution in [-0.4, -0.2) is 16.7 Å². The van der Waals surface area contributed by atoms with Gasteiger partial charge in [-0.3, -0.25) is 19.7 Å². The highest BCUT2D eigenvalue weighted by atomic mass is 32.1. The average molecular weight is 453 g/mol. The number of benzene rings is 2. The Kier molecular flexibility index (Phi) is 6.00. The van der Waals surface area contributed by atoms with Crippen LogP contribution in [0.4, 0.5) is 21.5 Å². The summed E-state index contributed by atoms with van der Waals surface area (Å²) in [4.78, 5) is 39.1. The number of nitro groups is 1. The minimum absolute atomic E-state index is 0.0992. The number of thiophene rings is 1. The smallest absolute Gasteiger partial charge is 0.271 e. The SMILES string of the molecule is Cc1ccc(N2C(=O)CCC(C(=O)Nc3cc([N+](=O)[O-])ccc3F)C2c2cccs2)cc1. The number of hydrogen-bond donors (Lipinski definition) is 1. The van der Waals surface area contributed by atoms with E-state index in [0.29, 0.717) is 5.69 Å². The first kappa shape index (κ1) is 21.6. The van der Waals surface area contributed by atoms with E-state index in [1.165, 1.54) is 11.3 Å². The molecule has 2 amide bonds. The van der Waals surface area contributed by atoms with Gasteiger partial charge in [-0.15, -0.1) is 11.3 Å². The molecule has 0 bridgehead atoms. The molecule has 1 fully saturated rings. The number of nitrogens with zero attached hydrogens (tertiary/aromatic N) is 2. The predicted octanol–water partition coefficient (Wildman–Crippen LogP) is 5.23. The van der Waals surface area contributed by atoms with Crippen molar-refractivity contribution < 1.29 is 18.9 Å². The quantitative estimate of drug-likeness (QED) is 0.423. The van der Waals surface area contributed by atoms with E-state index >= 15 is 0 Å². The number of carbonyl (C=O) groups is 2. The molecule has 1 aliphatic heterocycles. The van der Waals surface area contributed by atoms with Crippen LogP contribution < -0.4 is 10.2 Å². The van der Waals surface area contributed by atoms with Crippen LogP contribution in [0, 0.1) is 28.8 Å². The molecule has 0 radical (unpaired) electrons. The number of aryl methyl sites for hydroxylation is 1. The third-order valence-electron chi connectivity index (χ3n) is 5.50. The molecule has 1 N–H and O–H groups in total. The first-order chi connectivity index (χ1) is 15.3. The number of halogens is 1. The lowest BCUT2D eigenvalue weighted by molar-refractivity contribution is -0.384. The summed E-state index contributed by atoms with van der Waals surface area (Å²) in [6.45, 7) is 1.95. The zero-order valence-electron chi connectivity index (χ0n) is 17.2. The number of nitro benzene ring substituents is 1. The zero-order chi connectivity index (χ0) is 22.8. The normalized spacial score (nSPS) is 18.4. The molecule has 2 aromatic carbocycles. The summed E-state index contributed by atoms with van der Waals surface area (Å²) < 4.78 is 14.3. The van der Waals surface area contributed by atoms with Crippen molar-refractivity contribution in [2.24, 2.45) is 5.92 Å². The summed E-state index contributed by atoms with van der Waals surface area (Å²) in [5.41, 5.74) is 1.14. The monoisotopic (exact) mass is 453 g/mol. The van der Waals surface area contributed by atoms with Crippen molar-refractivity contribution >= 4 is 40.2 Å². The van der Waals surface area contributed by atoms with Gasteiger partial charge in [0.1, 0.15) is 5.82 Å². The van der Waals surface area contributed by atoms with Gasteiger partial charge >= 0.3 is 0 Å². The van der Waals surface area contributed by atoms with Crippen LogP contribution in [0.25, 0.3) is 0 Å². The molecule has 164 valence electrons. The molecule has 7 nitrogen and oxygen atoms in total. The Morgan fingerprint density at radius 1 is 1.22 bits per heavy atom. The Hall–Kier alpha value is -3.59. The zero-order valence-corrected chi connectivity index (χ0v) is 18.0. The van der Waals surface area contributed by atoms with E-state index in [1.54, 1.807) is 4.90 Å². The fourth-order valence-electron chi connectivity index (χ4n) is 3.91. The van der Waals surface area contributed by atoms with Gasteiger partial charge < -0.3 is 10.2 Å². The highest BCUT2D eigenvalue weighted by Gasteiger charge is 2.42. The summed E-state index contributed by atoms with van der Waals surface area (Å²) in [5, 5.41) is 15.4. The Morgan fingerprint density at radius 2 is 1.97 bits per heavy atom. The lowest BCUT2D eigenvalue weighted by Crippen LogP contribution is -2.46. The van der Waals surface area contributed by atoms with Crippen LogP contribution in [0.2, 0.25) is 0 Å². The predicted molar refractivity (Wildman–Crippen MR) is 120 cm³/mol. The highest BCUT2D eigenvalue weighted by molar-refractivity contribution is 7.10. The summed E-state index contributed by atoms with van der Waals surface area (Å²) in [5.74, 6) is -2.02. The molecule has 32 heavy (non-hydrogen) atoms. The molecule has 1 aromatic heterocycles. The summed E-state index contributed by atoms with van der Waals surface area (Å²) >= 11 is 1.43. The van der Waals surface area contributed by atoms with Crippen molar-refractivity contribution in [3.05, 3.63) is 86.3 Å². The lowest BCUT2D eigenvalue weighted by Gasteiger charge is -2.40. The fraction of sp³-hybridized carbons (Fsp3) is 0.217. The second kappa shape index (κ2) is 8.88. The van der Waals surface area contributed by atoms with Crippen molar-refractivity contribution in [1.29, 1.82) is 0 Å². The standard InChI is InChI=1S/C23H20FN3O4S/c1-14-4-6-15(7-5-14)26-21(28)11-9-17(22(26)20-3-2-12-32-20)23(29)25-19-13-16(27(30)31)8-10-18(19)24/h2-8,10,12-13,17,22H,9,11H2,1H3,(H,25,29). The van der Waals surface area contributed by atoms with E-state index < -0.39 is 28.6 Å². The molecule has 9 heteroatoms. The second-order valence-corrected chi connectivity index (χ2v) is 8.59. The number of rotatable bonds is 5. The van der Waals surface area contributed by atoms with E-state index in [-0.39, 0.29) is 30.1 Å². The third kappa shape index (κ3) is 4.24. The molecule has 2 heterocycles. The van der Waals surface area contributed by atoms with E-state index in [2.05, 4.69) is 5.32 Å². The Labute approximate surface area is 187 Å². The van der Waals surface area contributed by atoms with Crippen molar-refractivity contribution in [1.82, 2.24) is 0 Å². The van der Waals surface area contributed by atoms with Gasteiger partial charge in [-0.25, -0.2) is 4.39 Å². The van der Waals surface area contributed by atoms with Crippen LogP contribution in [0.1, 0.15) is 29.3 Å². The minimum Gasteiger partial charge on any atom is -0.323 e. The summed E-state index contributed by atoms with van der Waals surface area (Å²) in [7, 11) is 0. The molecule has 4 rings (SSSR count). The van der Waals surface area contributed by atoms with Crippen LogP contribution in [0.5, 0.6) is 0 Å². The minimum atomic E-state index is -0.765. The Bertz CT molecular complexity index is 1160. The van der Waals surface area contributed by atoms with Crippen molar-refractivity contribution in [2.75, 3.05) is 10.2 Å². The maximum Gasteiger partial charge on any atom is 0.271 e. The van der Waals surface area contributed by atoms with Gasteiger partial charge in [-0.2, -0.15) is 0 Å². The molecule has 2 atom stereocenters. The number of hydrogen-bond acceptors (Lipinski definition) is 5. The molecule has 3 aromatic rings. The topological polar surface area (TPSA) is 92.6 Å². The number of piperidine rings is 1. The van der Waals surface area contributed by atoms with Crippen LogP contribution in [-0.2, 0) is 9.59 Å². The lowest BCUT2D eigenvalue weighted by atomic mass is 9.86. The Balaban J connectivity index is 1.70. The molecule has 2 unspecified atom stereocenters. The highest BCUT2D eigenvalue weighted by Crippen LogP contribution is 2.42. The number of nitrogens with one attached hydrogen (secondary N) is 1. The summed E-state index contributed by atoms with van der Waals surface area (Å²) in [6, 6.07) is 13.6. The molecular formula is C23H20FN3O4S. The second-order valence-electron chi connectivity index (χ2n) is 7.62. The summed E-state index contributed by atoms with van der Waals surface area (Å²) in [6.07, 6.45) is 0.442. The van der Waals surface area contributed by atoms with E-state index in [4.69, 9.17) is 0 Å². The Morgan fingerprint density at radius 3 is 2.62 bits per heavy atom. The first-order valence-electron chi connectivity index (χ1n) is 10.0. The molecule has 1 saturated heterocycles. The van der Waals surface area contributed by atoms with Gasteiger partial charge in [0, 0.05) is 29.1 Å².